The fraction of sp³-hybridized carbons (Fsp3) is 0.286. The third-order valence-electron chi connectivity index (χ3n) is 3.13. The van der Waals surface area contributed by atoms with E-state index in [1.165, 1.54) is 16.8 Å². The summed E-state index contributed by atoms with van der Waals surface area (Å²) < 4.78 is 0. The standard InChI is InChI=1S/C14H15NO/c1-2-16-15-13-9-5-3-7-11(13)12-8-4-6-10-14(12)15/h3-9,14H,2,10H2,1H3. The van der Waals surface area contributed by atoms with Crippen molar-refractivity contribution in [3.8, 4) is 0 Å². The van der Waals surface area contributed by atoms with Crippen LogP contribution in [0.2, 0.25) is 0 Å². The highest BCUT2D eigenvalue weighted by atomic mass is 16.7. The fourth-order valence-electron chi connectivity index (χ4n) is 2.48. The lowest BCUT2D eigenvalue weighted by atomic mass is 9.96. The molecular weight excluding hydrogens is 198 g/mol. The fourth-order valence-corrected chi connectivity index (χ4v) is 2.48. The third-order valence-corrected chi connectivity index (χ3v) is 3.13. The molecule has 0 aromatic heterocycles. The molecule has 2 nitrogen and oxygen atoms in total. The van der Waals surface area contributed by atoms with Crippen molar-refractivity contribution in [2.75, 3.05) is 11.7 Å². The monoisotopic (exact) mass is 213 g/mol. The van der Waals surface area contributed by atoms with Crippen molar-refractivity contribution in [2.45, 2.75) is 19.4 Å². The van der Waals surface area contributed by atoms with Gasteiger partial charge in [0.2, 0.25) is 0 Å². The molecule has 1 aromatic carbocycles. The van der Waals surface area contributed by atoms with Crippen LogP contribution in [0, 0.1) is 0 Å². The van der Waals surface area contributed by atoms with E-state index in [9.17, 15) is 0 Å². The van der Waals surface area contributed by atoms with E-state index in [1.54, 1.807) is 0 Å². The average molecular weight is 213 g/mol. The Hall–Kier alpha value is -1.54. The maximum atomic E-state index is 5.76. The minimum atomic E-state index is 0.363. The largest absolute Gasteiger partial charge is 0.273 e. The average Bonchev–Trinajstić information content (AvgIpc) is 2.66. The minimum absolute atomic E-state index is 0.363. The number of hydrogen-bond donors (Lipinski definition) is 0. The van der Waals surface area contributed by atoms with E-state index < -0.39 is 0 Å². The molecule has 82 valence electrons. The van der Waals surface area contributed by atoms with E-state index in [1.807, 2.05) is 6.92 Å². The van der Waals surface area contributed by atoms with Crippen molar-refractivity contribution in [1.82, 2.24) is 0 Å². The molecule has 16 heavy (non-hydrogen) atoms. The molecule has 0 saturated heterocycles. The van der Waals surface area contributed by atoms with Gasteiger partial charge in [-0.3, -0.25) is 4.84 Å². The molecule has 0 radical (unpaired) electrons. The quantitative estimate of drug-likeness (QED) is 0.748. The summed E-state index contributed by atoms with van der Waals surface area (Å²) in [5.41, 5.74) is 3.89. The summed E-state index contributed by atoms with van der Waals surface area (Å²) in [5, 5.41) is 2.06. The van der Waals surface area contributed by atoms with Crippen LogP contribution in [0.15, 0.2) is 42.5 Å². The van der Waals surface area contributed by atoms with Crippen LogP contribution in [0.4, 0.5) is 5.69 Å². The maximum Gasteiger partial charge on any atom is 0.0856 e. The first-order valence-corrected chi connectivity index (χ1v) is 5.80. The number of benzene rings is 1. The van der Waals surface area contributed by atoms with E-state index in [2.05, 4.69) is 47.6 Å². The Labute approximate surface area is 95.8 Å². The Morgan fingerprint density at radius 2 is 2.25 bits per heavy atom. The summed E-state index contributed by atoms with van der Waals surface area (Å²) in [4.78, 5) is 5.76. The summed E-state index contributed by atoms with van der Waals surface area (Å²) in [6.07, 6.45) is 7.57. The molecule has 0 fully saturated rings. The number of allylic oxidation sites excluding steroid dienone is 2. The summed E-state index contributed by atoms with van der Waals surface area (Å²) in [5.74, 6) is 0. The van der Waals surface area contributed by atoms with Gasteiger partial charge in [-0.05, 0) is 25.0 Å². The van der Waals surface area contributed by atoms with Gasteiger partial charge in [0.15, 0.2) is 0 Å². The Kier molecular flexibility index (Phi) is 2.29. The van der Waals surface area contributed by atoms with Crippen LogP contribution in [0.25, 0.3) is 5.57 Å². The lowest BCUT2D eigenvalue weighted by Gasteiger charge is -2.26. The van der Waals surface area contributed by atoms with Crippen LogP contribution >= 0.6 is 0 Å². The second-order valence-electron chi connectivity index (χ2n) is 4.06. The van der Waals surface area contributed by atoms with E-state index in [0.29, 0.717) is 12.6 Å². The third kappa shape index (κ3) is 1.30. The summed E-state index contributed by atoms with van der Waals surface area (Å²) in [6, 6.07) is 8.82. The molecule has 1 aromatic rings. The van der Waals surface area contributed by atoms with Gasteiger partial charge >= 0.3 is 0 Å². The van der Waals surface area contributed by atoms with Gasteiger partial charge in [-0.15, -0.1) is 0 Å². The van der Waals surface area contributed by atoms with Crippen LogP contribution in [0.5, 0.6) is 0 Å². The van der Waals surface area contributed by atoms with Crippen LogP contribution in [-0.2, 0) is 4.84 Å². The number of nitrogens with zero attached hydrogens (tertiary/aromatic N) is 1. The van der Waals surface area contributed by atoms with E-state index in [4.69, 9.17) is 4.84 Å². The lowest BCUT2D eigenvalue weighted by Crippen LogP contribution is -2.31. The second-order valence-corrected chi connectivity index (χ2v) is 4.06. The Balaban J connectivity index is 2.10. The molecular formula is C14H15NO. The van der Waals surface area contributed by atoms with Crippen molar-refractivity contribution >= 4 is 11.3 Å². The first-order chi connectivity index (χ1) is 7.92. The van der Waals surface area contributed by atoms with Gasteiger partial charge in [0.25, 0.3) is 0 Å². The molecule has 1 aliphatic heterocycles. The molecule has 3 rings (SSSR count). The molecule has 0 saturated carbocycles. The number of rotatable bonds is 2. The summed E-state index contributed by atoms with van der Waals surface area (Å²) in [6.45, 7) is 2.74. The zero-order valence-electron chi connectivity index (χ0n) is 9.39. The van der Waals surface area contributed by atoms with Gasteiger partial charge < -0.3 is 0 Å². The highest BCUT2D eigenvalue weighted by Crippen LogP contribution is 2.42. The van der Waals surface area contributed by atoms with Gasteiger partial charge in [0.05, 0.1) is 18.3 Å². The maximum absolute atomic E-state index is 5.76. The second kappa shape index (κ2) is 3.80. The Morgan fingerprint density at radius 1 is 1.38 bits per heavy atom. The molecule has 1 atom stereocenters. The van der Waals surface area contributed by atoms with Crippen molar-refractivity contribution in [3.63, 3.8) is 0 Å². The number of anilines is 1. The van der Waals surface area contributed by atoms with Crippen molar-refractivity contribution in [2.24, 2.45) is 0 Å². The Bertz CT molecular complexity index is 462. The molecule has 0 spiro atoms. The molecule has 1 aliphatic carbocycles. The first-order valence-electron chi connectivity index (χ1n) is 5.80. The van der Waals surface area contributed by atoms with Gasteiger partial charge in [-0.2, -0.15) is 0 Å². The van der Waals surface area contributed by atoms with E-state index in [0.717, 1.165) is 6.42 Å². The highest BCUT2D eigenvalue weighted by molar-refractivity contribution is 5.88. The number of fused-ring (bicyclic) bond motifs is 3. The summed E-state index contributed by atoms with van der Waals surface area (Å²) >= 11 is 0. The van der Waals surface area contributed by atoms with Gasteiger partial charge in [0.1, 0.15) is 0 Å². The zero-order chi connectivity index (χ0) is 11.0. The zero-order valence-corrected chi connectivity index (χ0v) is 9.39. The molecule has 0 bridgehead atoms. The van der Waals surface area contributed by atoms with E-state index >= 15 is 0 Å². The van der Waals surface area contributed by atoms with Crippen LogP contribution in [-0.4, -0.2) is 12.6 Å². The predicted molar refractivity (Wildman–Crippen MR) is 66.1 cm³/mol. The van der Waals surface area contributed by atoms with Crippen LogP contribution in [0.3, 0.4) is 0 Å². The smallest absolute Gasteiger partial charge is 0.0856 e. The molecule has 1 unspecified atom stereocenters. The lowest BCUT2D eigenvalue weighted by molar-refractivity contribution is 0.112. The highest BCUT2D eigenvalue weighted by Gasteiger charge is 2.34. The van der Waals surface area contributed by atoms with E-state index in [-0.39, 0.29) is 0 Å². The molecule has 2 aliphatic rings. The molecule has 2 heteroatoms. The van der Waals surface area contributed by atoms with Crippen LogP contribution in [0.1, 0.15) is 18.9 Å². The normalized spacial score (nSPS) is 21.7. The molecule has 0 N–H and O–H groups in total. The van der Waals surface area contributed by atoms with Crippen molar-refractivity contribution in [1.29, 1.82) is 0 Å². The minimum Gasteiger partial charge on any atom is -0.273 e. The predicted octanol–water partition coefficient (Wildman–Crippen LogP) is 3.17. The number of hydroxylamine groups is 1. The molecule has 0 amide bonds. The van der Waals surface area contributed by atoms with Crippen molar-refractivity contribution < 1.29 is 4.84 Å². The van der Waals surface area contributed by atoms with Crippen molar-refractivity contribution in [3.05, 3.63) is 48.1 Å². The first kappa shape index (κ1) is 9.67. The van der Waals surface area contributed by atoms with Gasteiger partial charge in [-0.1, -0.05) is 36.4 Å². The SMILES string of the molecule is CCON1c2ccccc2C2=CC=CCC21. The number of hydrogen-bond acceptors (Lipinski definition) is 2. The molecule has 1 heterocycles. The topological polar surface area (TPSA) is 12.5 Å². The van der Waals surface area contributed by atoms with Gasteiger partial charge in [0, 0.05) is 5.56 Å². The Morgan fingerprint density at radius 3 is 3.12 bits per heavy atom. The van der Waals surface area contributed by atoms with Crippen LogP contribution < -0.4 is 5.06 Å². The van der Waals surface area contributed by atoms with Gasteiger partial charge in [-0.25, -0.2) is 5.06 Å². The summed E-state index contributed by atoms with van der Waals surface area (Å²) in [7, 11) is 0. The number of para-hydroxylation sites is 1.